The maximum atomic E-state index is 13.1. The van der Waals surface area contributed by atoms with Crippen LogP contribution in [0.5, 0.6) is 0 Å². The highest BCUT2D eigenvalue weighted by Gasteiger charge is 2.28. The van der Waals surface area contributed by atoms with Crippen LogP contribution in [-0.4, -0.2) is 34.3 Å². The molecule has 0 aliphatic carbocycles. The zero-order valence-electron chi connectivity index (χ0n) is 18.9. The number of likely N-dealkylation sites (tertiary alicyclic amines) is 1. The van der Waals surface area contributed by atoms with Gasteiger partial charge in [-0.1, -0.05) is 41.6 Å². The van der Waals surface area contributed by atoms with Crippen LogP contribution in [0, 0.1) is 13.8 Å². The molecule has 0 radical (unpaired) electrons. The minimum Gasteiger partial charge on any atom is -0.368 e. The third kappa shape index (κ3) is 5.61. The third-order valence-corrected chi connectivity index (χ3v) is 7.01. The van der Waals surface area contributed by atoms with Crippen LogP contribution in [0.1, 0.15) is 39.9 Å². The van der Waals surface area contributed by atoms with Gasteiger partial charge in [-0.3, -0.25) is 14.5 Å². The van der Waals surface area contributed by atoms with E-state index < -0.39 is 0 Å². The molecule has 33 heavy (non-hydrogen) atoms. The monoisotopic (exact) mass is 460 g/mol. The van der Waals surface area contributed by atoms with E-state index in [0.29, 0.717) is 22.8 Å². The summed E-state index contributed by atoms with van der Waals surface area (Å²) in [6, 6.07) is 17.3. The molecule has 1 fully saturated rings. The Morgan fingerprint density at radius 3 is 2.79 bits per heavy atom. The molecule has 1 saturated heterocycles. The smallest absolute Gasteiger partial charge is 0.258 e. The molecule has 4 rings (SSSR count). The van der Waals surface area contributed by atoms with Crippen LogP contribution in [-0.2, 0) is 11.3 Å². The Morgan fingerprint density at radius 2 is 2.00 bits per heavy atom. The Kier molecular flexibility index (Phi) is 7.11. The summed E-state index contributed by atoms with van der Waals surface area (Å²) in [7, 11) is 0. The molecular formula is C26H28N4O2S. The lowest BCUT2D eigenvalue weighted by molar-refractivity contribution is -0.122. The predicted molar refractivity (Wildman–Crippen MR) is 131 cm³/mol. The maximum Gasteiger partial charge on any atom is 0.258 e. The second-order valence-electron chi connectivity index (χ2n) is 8.41. The van der Waals surface area contributed by atoms with E-state index in [1.807, 2.05) is 24.3 Å². The Labute approximate surface area is 198 Å². The zero-order chi connectivity index (χ0) is 23.4. The van der Waals surface area contributed by atoms with Crippen LogP contribution >= 0.6 is 11.8 Å². The van der Waals surface area contributed by atoms with Crippen molar-refractivity contribution < 1.29 is 9.59 Å². The van der Waals surface area contributed by atoms with Gasteiger partial charge in [-0.25, -0.2) is 4.98 Å². The molecular weight excluding hydrogens is 432 g/mol. The number of rotatable bonds is 7. The first kappa shape index (κ1) is 23.0. The number of nitrogens with one attached hydrogen (secondary N) is 1. The minimum atomic E-state index is -0.276. The van der Waals surface area contributed by atoms with Crippen LogP contribution in [0.15, 0.2) is 70.7 Å². The quantitative estimate of drug-likeness (QED) is 0.540. The van der Waals surface area contributed by atoms with Crippen molar-refractivity contribution in [1.82, 2.24) is 9.88 Å². The fourth-order valence-corrected chi connectivity index (χ4v) is 5.13. The third-order valence-electron chi connectivity index (χ3n) is 5.82. The maximum absolute atomic E-state index is 13.1. The predicted octanol–water partition coefficient (Wildman–Crippen LogP) is 4.55. The Morgan fingerprint density at radius 1 is 1.15 bits per heavy atom. The van der Waals surface area contributed by atoms with E-state index in [2.05, 4.69) is 47.2 Å². The van der Waals surface area contributed by atoms with Gasteiger partial charge in [0.25, 0.3) is 5.91 Å². The molecule has 1 aliphatic heterocycles. The summed E-state index contributed by atoms with van der Waals surface area (Å²) in [5, 5.41) is 3.67. The number of hydrogen-bond acceptors (Lipinski definition) is 5. The van der Waals surface area contributed by atoms with E-state index in [9.17, 15) is 9.59 Å². The number of pyridine rings is 1. The molecule has 170 valence electrons. The highest BCUT2D eigenvalue weighted by molar-refractivity contribution is 7.99. The first-order chi connectivity index (χ1) is 15.9. The van der Waals surface area contributed by atoms with Crippen molar-refractivity contribution in [3.8, 4) is 0 Å². The van der Waals surface area contributed by atoms with E-state index in [1.165, 1.54) is 17.3 Å². The number of aromatic nitrogens is 1. The first-order valence-corrected chi connectivity index (χ1v) is 11.9. The highest BCUT2D eigenvalue weighted by Crippen LogP contribution is 2.32. The number of aryl methyl sites for hydroxylation is 2. The van der Waals surface area contributed by atoms with Crippen molar-refractivity contribution in [1.29, 1.82) is 0 Å². The molecule has 1 unspecified atom stereocenters. The van der Waals surface area contributed by atoms with Crippen LogP contribution in [0.3, 0.4) is 0 Å². The van der Waals surface area contributed by atoms with Gasteiger partial charge in [-0.05, 0) is 74.7 Å². The standard InChI is InChI=1S/C26H28N4O2S/c1-17-10-11-23(18(2)14-17)33-26-21(8-4-12-28-26)25(32)29-20-7-3-6-19(15-20)16-30-13-5-9-22(30)24(27)31/h3-4,6-8,10-12,14-15,22H,5,9,13,16H2,1-2H3,(H2,27,31)(H,29,32). The van der Waals surface area contributed by atoms with Crippen molar-refractivity contribution in [2.75, 3.05) is 11.9 Å². The Balaban J connectivity index is 1.49. The van der Waals surface area contributed by atoms with Crippen LogP contribution in [0.4, 0.5) is 5.69 Å². The molecule has 0 spiro atoms. The minimum absolute atomic E-state index is 0.205. The second kappa shape index (κ2) is 10.2. The fraction of sp³-hybridized carbons (Fsp3) is 0.269. The SMILES string of the molecule is Cc1ccc(Sc2ncccc2C(=O)Nc2cccc(CN3CCCC3C(N)=O)c2)c(C)c1. The lowest BCUT2D eigenvalue weighted by Crippen LogP contribution is -2.39. The summed E-state index contributed by atoms with van der Waals surface area (Å²) >= 11 is 1.49. The van der Waals surface area contributed by atoms with Gasteiger partial charge in [0.05, 0.1) is 11.6 Å². The number of hydrogen-bond donors (Lipinski definition) is 2. The van der Waals surface area contributed by atoms with Gasteiger partial charge < -0.3 is 11.1 Å². The van der Waals surface area contributed by atoms with E-state index >= 15 is 0 Å². The Hall–Kier alpha value is -3.16. The molecule has 7 heteroatoms. The van der Waals surface area contributed by atoms with Gasteiger partial charge in [0.2, 0.25) is 5.91 Å². The van der Waals surface area contributed by atoms with Gasteiger partial charge in [0.15, 0.2) is 0 Å². The molecule has 2 amide bonds. The van der Waals surface area contributed by atoms with Crippen molar-refractivity contribution in [3.05, 3.63) is 83.0 Å². The van der Waals surface area contributed by atoms with E-state index in [0.717, 1.165) is 35.4 Å². The number of amides is 2. The molecule has 3 aromatic rings. The lowest BCUT2D eigenvalue weighted by atomic mass is 10.1. The summed E-state index contributed by atoms with van der Waals surface area (Å²) in [4.78, 5) is 32.4. The number of anilines is 1. The second-order valence-corrected chi connectivity index (χ2v) is 9.44. The highest BCUT2D eigenvalue weighted by atomic mass is 32.2. The molecule has 6 nitrogen and oxygen atoms in total. The number of primary amides is 1. The zero-order valence-corrected chi connectivity index (χ0v) is 19.7. The van der Waals surface area contributed by atoms with Gasteiger partial charge in [0.1, 0.15) is 5.03 Å². The van der Waals surface area contributed by atoms with Crippen molar-refractivity contribution >= 4 is 29.3 Å². The van der Waals surface area contributed by atoms with Crippen LogP contribution in [0.25, 0.3) is 0 Å². The average Bonchev–Trinajstić information content (AvgIpc) is 3.25. The number of nitrogens with two attached hydrogens (primary N) is 1. The molecule has 2 aromatic carbocycles. The summed E-state index contributed by atoms with van der Waals surface area (Å²) in [5.41, 5.74) is 10.2. The number of nitrogens with zero attached hydrogens (tertiary/aromatic N) is 2. The van der Waals surface area contributed by atoms with Crippen molar-refractivity contribution in [3.63, 3.8) is 0 Å². The van der Waals surface area contributed by atoms with E-state index in [-0.39, 0.29) is 17.9 Å². The van der Waals surface area contributed by atoms with Crippen molar-refractivity contribution in [2.24, 2.45) is 5.73 Å². The van der Waals surface area contributed by atoms with Crippen molar-refractivity contribution in [2.45, 2.75) is 49.2 Å². The Bertz CT molecular complexity index is 1180. The summed E-state index contributed by atoms with van der Waals surface area (Å²) < 4.78 is 0. The molecule has 0 bridgehead atoms. The molecule has 3 N–H and O–H groups in total. The van der Waals surface area contributed by atoms with Gasteiger partial charge in [-0.2, -0.15) is 0 Å². The molecule has 2 heterocycles. The van der Waals surface area contributed by atoms with Gasteiger partial charge in [0, 0.05) is 23.3 Å². The normalized spacial score (nSPS) is 16.0. The van der Waals surface area contributed by atoms with E-state index in [1.54, 1.807) is 18.3 Å². The average molecular weight is 461 g/mol. The lowest BCUT2D eigenvalue weighted by Gasteiger charge is -2.22. The molecule has 1 aromatic heterocycles. The van der Waals surface area contributed by atoms with Gasteiger partial charge >= 0.3 is 0 Å². The molecule has 1 aliphatic rings. The fourth-order valence-electron chi connectivity index (χ4n) is 4.18. The molecule has 1 atom stereocenters. The summed E-state index contributed by atoms with van der Waals surface area (Å²) in [5.74, 6) is -0.480. The topological polar surface area (TPSA) is 88.3 Å². The largest absolute Gasteiger partial charge is 0.368 e. The van der Waals surface area contributed by atoms with Crippen LogP contribution in [0.2, 0.25) is 0 Å². The van der Waals surface area contributed by atoms with Gasteiger partial charge in [-0.15, -0.1) is 0 Å². The van der Waals surface area contributed by atoms with E-state index in [4.69, 9.17) is 5.73 Å². The molecule has 0 saturated carbocycles. The number of benzene rings is 2. The first-order valence-electron chi connectivity index (χ1n) is 11.0. The number of carbonyl (C=O) groups is 2. The summed E-state index contributed by atoms with van der Waals surface area (Å²) in [6.07, 6.45) is 3.47. The van der Waals surface area contributed by atoms with Crippen LogP contribution < -0.4 is 11.1 Å². The summed E-state index contributed by atoms with van der Waals surface area (Å²) in [6.45, 7) is 5.59. The number of carbonyl (C=O) groups excluding carboxylic acids is 2.